The molecular formula is C26H25N3O5. The van der Waals surface area contributed by atoms with Gasteiger partial charge in [0.1, 0.15) is 6.04 Å². The molecule has 174 valence electrons. The van der Waals surface area contributed by atoms with E-state index in [0.29, 0.717) is 24.3 Å². The van der Waals surface area contributed by atoms with Crippen LogP contribution in [-0.4, -0.2) is 46.6 Å². The number of hydrogen-bond donors (Lipinski definition) is 1. The fraction of sp³-hybridized carbons (Fsp3) is 0.269. The lowest BCUT2D eigenvalue weighted by molar-refractivity contribution is -0.127. The van der Waals surface area contributed by atoms with Gasteiger partial charge in [0.05, 0.1) is 6.54 Å². The number of urea groups is 1. The number of aryl methyl sites for hydroxylation is 1. The van der Waals surface area contributed by atoms with E-state index >= 15 is 0 Å². The molecule has 2 aromatic carbocycles. The van der Waals surface area contributed by atoms with Gasteiger partial charge >= 0.3 is 6.03 Å². The monoisotopic (exact) mass is 459 g/mol. The Balaban J connectivity index is 1.29. The van der Waals surface area contributed by atoms with Gasteiger partial charge in [-0.2, -0.15) is 0 Å². The van der Waals surface area contributed by atoms with E-state index in [9.17, 15) is 14.4 Å². The van der Waals surface area contributed by atoms with E-state index in [1.165, 1.54) is 0 Å². The van der Waals surface area contributed by atoms with Crippen molar-refractivity contribution >= 4 is 17.7 Å². The predicted molar refractivity (Wildman–Crippen MR) is 124 cm³/mol. The molecule has 5 rings (SSSR count). The van der Waals surface area contributed by atoms with Crippen molar-refractivity contribution in [1.82, 2.24) is 14.8 Å². The first kappa shape index (κ1) is 21.8. The van der Waals surface area contributed by atoms with Crippen LogP contribution in [0.2, 0.25) is 0 Å². The molecule has 0 spiro atoms. The number of amides is 3. The summed E-state index contributed by atoms with van der Waals surface area (Å²) in [5.41, 5.74) is 4.17. The van der Waals surface area contributed by atoms with Crippen LogP contribution in [0, 0.1) is 13.8 Å². The standard InChI is InChI=1S/C26H25N3O5/c1-16-10-20(17(2)28(16)13-19-8-9-23-24(12-19)34-15-33-23)22(30)14-29-25(31)21(27-26(29)32)11-18-6-4-3-5-7-18/h3-10,12,21H,11,13-15H2,1-2H3,(H,27,32)/t21-/m1/s1. The van der Waals surface area contributed by atoms with Crippen molar-refractivity contribution in [3.8, 4) is 11.5 Å². The number of benzene rings is 2. The number of nitrogens with one attached hydrogen (secondary N) is 1. The van der Waals surface area contributed by atoms with Crippen LogP contribution in [0.3, 0.4) is 0 Å². The van der Waals surface area contributed by atoms with Crippen LogP contribution in [0.25, 0.3) is 0 Å². The second-order valence-corrected chi connectivity index (χ2v) is 8.60. The maximum Gasteiger partial charge on any atom is 0.325 e. The molecule has 2 aliphatic rings. The molecule has 1 atom stereocenters. The van der Waals surface area contributed by atoms with Gasteiger partial charge in [0, 0.05) is 29.9 Å². The number of fused-ring (bicyclic) bond motifs is 1. The van der Waals surface area contributed by atoms with Gasteiger partial charge in [0.15, 0.2) is 17.3 Å². The first-order valence-corrected chi connectivity index (χ1v) is 11.1. The number of rotatable bonds is 7. The Bertz CT molecular complexity index is 1280. The molecule has 2 aliphatic heterocycles. The zero-order valence-electron chi connectivity index (χ0n) is 19.0. The van der Waals surface area contributed by atoms with Crippen LogP contribution in [0.5, 0.6) is 11.5 Å². The van der Waals surface area contributed by atoms with Crippen LogP contribution >= 0.6 is 0 Å². The molecule has 3 amide bonds. The highest BCUT2D eigenvalue weighted by atomic mass is 16.7. The molecule has 34 heavy (non-hydrogen) atoms. The molecule has 0 bridgehead atoms. The van der Waals surface area contributed by atoms with Crippen LogP contribution in [0.1, 0.15) is 32.9 Å². The number of imide groups is 1. The fourth-order valence-corrected chi connectivity index (χ4v) is 4.49. The van der Waals surface area contributed by atoms with Crippen molar-refractivity contribution in [2.45, 2.75) is 32.9 Å². The highest BCUT2D eigenvalue weighted by Gasteiger charge is 2.39. The minimum Gasteiger partial charge on any atom is -0.454 e. The quantitative estimate of drug-likeness (QED) is 0.433. The Hall–Kier alpha value is -4.07. The largest absolute Gasteiger partial charge is 0.454 e. The van der Waals surface area contributed by atoms with Crippen molar-refractivity contribution in [3.05, 3.63) is 82.7 Å². The summed E-state index contributed by atoms with van der Waals surface area (Å²) in [6, 6.07) is 15.9. The van der Waals surface area contributed by atoms with Crippen LogP contribution in [-0.2, 0) is 17.8 Å². The van der Waals surface area contributed by atoms with Gasteiger partial charge in [-0.05, 0) is 43.2 Å². The molecule has 0 radical (unpaired) electrons. The van der Waals surface area contributed by atoms with Gasteiger partial charge < -0.3 is 19.4 Å². The van der Waals surface area contributed by atoms with Crippen molar-refractivity contribution in [3.63, 3.8) is 0 Å². The third-order valence-electron chi connectivity index (χ3n) is 6.34. The maximum absolute atomic E-state index is 13.1. The summed E-state index contributed by atoms with van der Waals surface area (Å²) in [4.78, 5) is 39.4. The zero-order chi connectivity index (χ0) is 23.8. The van der Waals surface area contributed by atoms with Crippen LogP contribution in [0.15, 0.2) is 54.6 Å². The zero-order valence-corrected chi connectivity index (χ0v) is 19.0. The average molecular weight is 460 g/mol. The van der Waals surface area contributed by atoms with Crippen molar-refractivity contribution in [1.29, 1.82) is 0 Å². The lowest BCUT2D eigenvalue weighted by atomic mass is 10.1. The summed E-state index contributed by atoms with van der Waals surface area (Å²) >= 11 is 0. The molecule has 0 aliphatic carbocycles. The first-order valence-electron chi connectivity index (χ1n) is 11.1. The van der Waals surface area contributed by atoms with Gasteiger partial charge in [-0.15, -0.1) is 0 Å². The minimum atomic E-state index is -0.666. The number of ether oxygens (including phenoxy) is 2. The van der Waals surface area contributed by atoms with E-state index in [4.69, 9.17) is 9.47 Å². The van der Waals surface area contributed by atoms with E-state index in [2.05, 4.69) is 5.32 Å². The number of carbonyl (C=O) groups excluding carboxylic acids is 3. The Kier molecular flexibility index (Phi) is 5.57. The number of aromatic nitrogens is 1. The molecule has 1 fully saturated rings. The smallest absolute Gasteiger partial charge is 0.325 e. The fourth-order valence-electron chi connectivity index (χ4n) is 4.49. The Labute approximate surface area is 197 Å². The SMILES string of the molecule is Cc1cc(C(=O)CN2C(=O)N[C@H](Cc3ccccc3)C2=O)c(C)n1Cc1ccc2c(c1)OCO2. The van der Waals surface area contributed by atoms with Gasteiger partial charge in [-0.1, -0.05) is 36.4 Å². The number of nitrogens with zero attached hydrogens (tertiary/aromatic N) is 2. The molecule has 8 nitrogen and oxygen atoms in total. The average Bonchev–Trinajstić information content (AvgIpc) is 3.48. The lowest BCUT2D eigenvalue weighted by Crippen LogP contribution is -2.36. The first-order chi connectivity index (χ1) is 16.4. The van der Waals surface area contributed by atoms with E-state index < -0.39 is 12.1 Å². The molecule has 1 N–H and O–H groups in total. The molecule has 0 saturated carbocycles. The lowest BCUT2D eigenvalue weighted by Gasteiger charge is -2.13. The molecule has 1 saturated heterocycles. The van der Waals surface area contributed by atoms with Gasteiger partial charge in [0.2, 0.25) is 6.79 Å². The van der Waals surface area contributed by atoms with Crippen molar-refractivity contribution in [2.75, 3.05) is 13.3 Å². The second-order valence-electron chi connectivity index (χ2n) is 8.60. The third-order valence-corrected chi connectivity index (χ3v) is 6.34. The van der Waals surface area contributed by atoms with E-state index in [0.717, 1.165) is 33.2 Å². The van der Waals surface area contributed by atoms with Gasteiger partial charge in [-0.25, -0.2) is 4.79 Å². The summed E-state index contributed by atoms with van der Waals surface area (Å²) < 4.78 is 12.9. The highest BCUT2D eigenvalue weighted by Crippen LogP contribution is 2.33. The molecule has 8 heteroatoms. The van der Waals surface area contributed by atoms with Crippen molar-refractivity contribution < 1.29 is 23.9 Å². The summed E-state index contributed by atoms with van der Waals surface area (Å²) in [6.45, 7) is 4.29. The van der Waals surface area contributed by atoms with E-state index in [1.807, 2.05) is 73.0 Å². The van der Waals surface area contributed by atoms with E-state index in [-0.39, 0.29) is 25.0 Å². The summed E-state index contributed by atoms with van der Waals surface area (Å²) in [5, 5.41) is 2.70. The van der Waals surface area contributed by atoms with Crippen molar-refractivity contribution in [2.24, 2.45) is 0 Å². The van der Waals surface area contributed by atoms with Gasteiger partial charge in [-0.3, -0.25) is 14.5 Å². The highest BCUT2D eigenvalue weighted by molar-refractivity contribution is 6.09. The molecular weight excluding hydrogens is 434 g/mol. The molecule has 0 unspecified atom stereocenters. The Morgan fingerprint density at radius 1 is 1.00 bits per heavy atom. The summed E-state index contributed by atoms with van der Waals surface area (Å²) in [5.74, 6) is 0.782. The van der Waals surface area contributed by atoms with Crippen LogP contribution < -0.4 is 14.8 Å². The molecule has 1 aromatic heterocycles. The number of carbonyl (C=O) groups is 3. The normalized spacial score (nSPS) is 16.8. The number of ketones is 1. The topological polar surface area (TPSA) is 89.9 Å². The van der Waals surface area contributed by atoms with E-state index in [1.54, 1.807) is 0 Å². The number of hydrogen-bond acceptors (Lipinski definition) is 5. The summed E-state index contributed by atoms with van der Waals surface area (Å²) in [7, 11) is 0. The maximum atomic E-state index is 13.1. The number of Topliss-reactive ketones (excluding diaryl/α,β-unsaturated/α-hetero) is 1. The Morgan fingerprint density at radius 2 is 1.76 bits per heavy atom. The van der Waals surface area contributed by atoms with Gasteiger partial charge in [0.25, 0.3) is 5.91 Å². The third kappa shape index (κ3) is 4.03. The molecule has 3 aromatic rings. The Morgan fingerprint density at radius 3 is 2.56 bits per heavy atom. The predicted octanol–water partition coefficient (Wildman–Crippen LogP) is 3.23. The summed E-state index contributed by atoms with van der Waals surface area (Å²) in [6.07, 6.45) is 0.389. The minimum absolute atomic E-state index is 0.216. The second kappa shape index (κ2) is 8.70. The van der Waals surface area contributed by atoms with Crippen LogP contribution in [0.4, 0.5) is 4.79 Å². The molecule has 3 heterocycles.